The standard InChI is InChI=1S/C57H37NS/c1-3-18-43(19-4-1)57(44-20-5-2-6-21-44)50-25-12-11-23-49(50)54-51(57)26-14-27-52(54)58(45-34-31-39(32-35-45)42-30-29-38-15-7-8-17-41(38)37-42)53-28-13-24-47-48-36-33-40-16-9-10-22-46(40)55(48)59-56(47)53/h1-37H. The van der Waals surface area contributed by atoms with Gasteiger partial charge < -0.3 is 4.90 Å². The lowest BCUT2D eigenvalue weighted by molar-refractivity contribution is 0.768. The highest BCUT2D eigenvalue weighted by atomic mass is 32.1. The predicted octanol–water partition coefficient (Wildman–Crippen LogP) is 15.9. The second kappa shape index (κ2) is 13.4. The maximum absolute atomic E-state index is 2.53. The molecule has 12 rings (SSSR count). The summed E-state index contributed by atoms with van der Waals surface area (Å²) in [5, 5.41) is 7.65. The van der Waals surface area contributed by atoms with Crippen molar-refractivity contribution < 1.29 is 0 Å². The number of benzene rings is 10. The molecule has 0 unspecified atom stereocenters. The molecule has 0 amide bonds. The molecule has 0 aliphatic heterocycles. The van der Waals surface area contributed by atoms with Crippen molar-refractivity contribution in [2.75, 3.05) is 4.90 Å². The van der Waals surface area contributed by atoms with E-state index < -0.39 is 5.41 Å². The third-order valence-corrected chi connectivity index (χ3v) is 13.8. The Morgan fingerprint density at radius 2 is 0.932 bits per heavy atom. The monoisotopic (exact) mass is 767 g/mol. The average Bonchev–Trinajstić information content (AvgIpc) is 3.85. The summed E-state index contributed by atoms with van der Waals surface area (Å²) >= 11 is 1.91. The maximum atomic E-state index is 2.53. The van der Waals surface area contributed by atoms with Crippen LogP contribution >= 0.6 is 11.3 Å². The minimum absolute atomic E-state index is 0.501. The van der Waals surface area contributed by atoms with E-state index in [-0.39, 0.29) is 0 Å². The number of hydrogen-bond acceptors (Lipinski definition) is 2. The molecule has 0 saturated heterocycles. The van der Waals surface area contributed by atoms with Gasteiger partial charge in [-0.05, 0) is 90.8 Å². The molecule has 10 aromatic carbocycles. The third kappa shape index (κ3) is 5.10. The normalized spacial score (nSPS) is 12.9. The smallest absolute Gasteiger partial charge is 0.0714 e. The Balaban J connectivity index is 1.14. The molecule has 59 heavy (non-hydrogen) atoms. The van der Waals surface area contributed by atoms with Crippen molar-refractivity contribution in [3.05, 3.63) is 247 Å². The number of anilines is 3. The first kappa shape index (κ1) is 33.8. The van der Waals surface area contributed by atoms with Crippen molar-refractivity contribution in [1.82, 2.24) is 0 Å². The van der Waals surface area contributed by atoms with Crippen LogP contribution in [0.2, 0.25) is 0 Å². The first-order valence-corrected chi connectivity index (χ1v) is 21.2. The first-order chi connectivity index (χ1) is 29.3. The van der Waals surface area contributed by atoms with Gasteiger partial charge in [0.05, 0.1) is 21.5 Å². The molecule has 276 valence electrons. The Morgan fingerprint density at radius 1 is 0.356 bits per heavy atom. The van der Waals surface area contributed by atoms with Gasteiger partial charge in [-0.3, -0.25) is 0 Å². The Hall–Kier alpha value is -7.26. The maximum Gasteiger partial charge on any atom is 0.0714 e. The lowest BCUT2D eigenvalue weighted by Gasteiger charge is -2.34. The summed E-state index contributed by atoms with van der Waals surface area (Å²) in [6.45, 7) is 0. The van der Waals surface area contributed by atoms with Crippen LogP contribution in [0.4, 0.5) is 17.1 Å². The van der Waals surface area contributed by atoms with Crippen molar-refractivity contribution >= 4 is 70.1 Å². The van der Waals surface area contributed by atoms with E-state index in [0.29, 0.717) is 0 Å². The molecule has 1 nitrogen and oxygen atoms in total. The van der Waals surface area contributed by atoms with E-state index in [0.717, 1.165) is 11.4 Å². The van der Waals surface area contributed by atoms with Crippen molar-refractivity contribution in [3.63, 3.8) is 0 Å². The van der Waals surface area contributed by atoms with Crippen LogP contribution in [-0.2, 0) is 5.41 Å². The van der Waals surface area contributed by atoms with E-state index in [1.165, 1.54) is 91.9 Å². The molecule has 1 aliphatic carbocycles. The molecule has 0 saturated carbocycles. The molecule has 1 aliphatic rings. The number of nitrogens with zero attached hydrogens (tertiary/aromatic N) is 1. The second-order valence-corrected chi connectivity index (χ2v) is 16.6. The fraction of sp³-hybridized carbons (Fsp3) is 0.0175. The molecule has 0 bridgehead atoms. The molecule has 2 heteroatoms. The number of thiophene rings is 1. The van der Waals surface area contributed by atoms with Crippen LogP contribution in [0.1, 0.15) is 22.3 Å². The van der Waals surface area contributed by atoms with Crippen molar-refractivity contribution in [2.24, 2.45) is 0 Å². The highest BCUT2D eigenvalue weighted by molar-refractivity contribution is 7.27. The Morgan fingerprint density at radius 3 is 1.73 bits per heavy atom. The summed E-state index contributed by atoms with van der Waals surface area (Å²) in [4.78, 5) is 2.53. The zero-order valence-corrected chi connectivity index (χ0v) is 33.0. The SMILES string of the molecule is c1ccc(C2(c3ccccc3)c3ccccc3-c3c(N(c4ccc(-c5ccc6ccccc6c5)cc4)c4cccc5c4sc4c6ccccc6ccc54)cccc32)cc1. The summed E-state index contributed by atoms with van der Waals surface area (Å²) in [5.74, 6) is 0. The van der Waals surface area contributed by atoms with Crippen LogP contribution in [-0.4, -0.2) is 0 Å². The Bertz CT molecular complexity index is 3340. The fourth-order valence-corrected chi connectivity index (χ4v) is 11.3. The van der Waals surface area contributed by atoms with E-state index in [4.69, 9.17) is 0 Å². The number of hydrogen-bond donors (Lipinski definition) is 0. The van der Waals surface area contributed by atoms with Gasteiger partial charge in [0.2, 0.25) is 0 Å². The molecule has 1 aromatic heterocycles. The number of rotatable bonds is 6. The van der Waals surface area contributed by atoms with Crippen LogP contribution in [0, 0.1) is 0 Å². The van der Waals surface area contributed by atoms with E-state index in [9.17, 15) is 0 Å². The van der Waals surface area contributed by atoms with Gasteiger partial charge in [0.15, 0.2) is 0 Å². The van der Waals surface area contributed by atoms with E-state index in [1.807, 2.05) is 11.3 Å². The van der Waals surface area contributed by atoms with Gasteiger partial charge in [-0.15, -0.1) is 11.3 Å². The summed E-state index contributed by atoms with van der Waals surface area (Å²) in [6.07, 6.45) is 0. The van der Waals surface area contributed by atoms with Crippen LogP contribution in [0.25, 0.3) is 64.0 Å². The fourth-order valence-electron chi connectivity index (χ4n) is 9.93. The summed E-state index contributed by atoms with van der Waals surface area (Å²) in [5.41, 5.74) is 13.0. The van der Waals surface area contributed by atoms with Crippen LogP contribution in [0.15, 0.2) is 224 Å². The van der Waals surface area contributed by atoms with Crippen LogP contribution in [0.3, 0.4) is 0 Å². The molecule has 0 fully saturated rings. The van der Waals surface area contributed by atoms with Gasteiger partial charge in [0.25, 0.3) is 0 Å². The average molecular weight is 768 g/mol. The van der Waals surface area contributed by atoms with Gasteiger partial charge in [0, 0.05) is 26.7 Å². The van der Waals surface area contributed by atoms with Gasteiger partial charge in [0.1, 0.15) is 0 Å². The zero-order chi connectivity index (χ0) is 38.9. The summed E-state index contributed by atoms with van der Waals surface area (Å²) < 4.78 is 2.60. The molecule has 0 atom stereocenters. The summed E-state index contributed by atoms with van der Waals surface area (Å²) in [6, 6.07) is 83.0. The van der Waals surface area contributed by atoms with Crippen LogP contribution < -0.4 is 4.90 Å². The van der Waals surface area contributed by atoms with E-state index in [1.54, 1.807) is 0 Å². The van der Waals surface area contributed by atoms with Crippen molar-refractivity contribution in [1.29, 1.82) is 0 Å². The Labute approximate surface area is 347 Å². The second-order valence-electron chi connectivity index (χ2n) is 15.6. The topological polar surface area (TPSA) is 3.24 Å². The van der Waals surface area contributed by atoms with Gasteiger partial charge in [-0.2, -0.15) is 0 Å². The molecular weight excluding hydrogens is 731 g/mol. The molecule has 0 radical (unpaired) electrons. The lowest BCUT2D eigenvalue weighted by atomic mass is 9.68. The van der Waals surface area contributed by atoms with Crippen molar-refractivity contribution in [2.45, 2.75) is 5.41 Å². The molecule has 11 aromatic rings. The highest BCUT2D eigenvalue weighted by Crippen LogP contribution is 2.60. The minimum atomic E-state index is -0.501. The van der Waals surface area contributed by atoms with Crippen molar-refractivity contribution in [3.8, 4) is 22.3 Å². The van der Waals surface area contributed by atoms with Crippen LogP contribution in [0.5, 0.6) is 0 Å². The van der Waals surface area contributed by atoms with Gasteiger partial charge >= 0.3 is 0 Å². The lowest BCUT2D eigenvalue weighted by Crippen LogP contribution is -2.28. The van der Waals surface area contributed by atoms with E-state index >= 15 is 0 Å². The minimum Gasteiger partial charge on any atom is -0.308 e. The van der Waals surface area contributed by atoms with Gasteiger partial charge in [-0.1, -0.05) is 194 Å². The molecule has 0 spiro atoms. The first-order valence-electron chi connectivity index (χ1n) is 20.3. The van der Waals surface area contributed by atoms with E-state index in [2.05, 4.69) is 229 Å². The number of fused-ring (bicyclic) bond motifs is 9. The Kier molecular flexibility index (Phi) is 7.69. The highest BCUT2D eigenvalue weighted by Gasteiger charge is 2.47. The van der Waals surface area contributed by atoms with Gasteiger partial charge in [-0.25, -0.2) is 0 Å². The predicted molar refractivity (Wildman–Crippen MR) is 252 cm³/mol. The molecule has 0 N–H and O–H groups in total. The molecular formula is C57H37NS. The molecule has 1 heterocycles. The zero-order valence-electron chi connectivity index (χ0n) is 32.2. The summed E-state index contributed by atoms with van der Waals surface area (Å²) in [7, 11) is 0. The quantitative estimate of drug-likeness (QED) is 0.163. The largest absolute Gasteiger partial charge is 0.308 e. The third-order valence-electron chi connectivity index (χ3n) is 12.5.